The molecule has 1 aromatic rings. The summed E-state index contributed by atoms with van der Waals surface area (Å²) in [7, 11) is 0. The summed E-state index contributed by atoms with van der Waals surface area (Å²) in [6, 6.07) is 4.57. The lowest BCUT2D eigenvalue weighted by Crippen LogP contribution is -2.52. The second-order valence-corrected chi connectivity index (χ2v) is 6.63. The molecular formula is C20H26N4O5. The molecule has 0 bridgehead atoms. The van der Waals surface area contributed by atoms with Gasteiger partial charge in [-0.05, 0) is 23.6 Å². The molecule has 2 heterocycles. The van der Waals surface area contributed by atoms with Crippen LogP contribution < -0.4 is 16.4 Å². The number of rotatable bonds is 6. The number of carbonyl (C=O) groups is 5. The lowest BCUT2D eigenvalue weighted by Gasteiger charge is -2.29. The molecule has 0 radical (unpaired) electrons. The Bertz CT molecular complexity index is 836. The average Bonchev–Trinajstić information content (AvgIpc) is 3.02. The quantitative estimate of drug-likeness (QED) is 0.590. The Morgan fingerprint density at radius 2 is 1.93 bits per heavy atom. The van der Waals surface area contributed by atoms with Crippen molar-refractivity contribution in [3.8, 4) is 0 Å². The number of benzene rings is 1. The fraction of sp³-hybridized carbons (Fsp3) is 0.450. The zero-order valence-electron chi connectivity index (χ0n) is 16.6. The molecule has 9 nitrogen and oxygen atoms in total. The molecule has 0 spiro atoms. The van der Waals surface area contributed by atoms with Gasteiger partial charge in [0, 0.05) is 37.9 Å². The number of nitrogens with one attached hydrogen (secondary N) is 2. The van der Waals surface area contributed by atoms with Crippen LogP contribution in [-0.2, 0) is 32.3 Å². The predicted octanol–water partition coefficient (Wildman–Crippen LogP) is 0.356. The first-order valence-electron chi connectivity index (χ1n) is 9.66. The summed E-state index contributed by atoms with van der Waals surface area (Å²) in [5.41, 5.74) is 7.11. The van der Waals surface area contributed by atoms with E-state index in [1.807, 2.05) is 19.9 Å². The molecule has 0 aliphatic carbocycles. The Hall–Kier alpha value is -3.23. The molecule has 1 fully saturated rings. The smallest absolute Gasteiger partial charge is 0.255 e. The number of nitrogens with zero attached hydrogens (tertiary/aromatic N) is 1. The van der Waals surface area contributed by atoms with Crippen molar-refractivity contribution in [2.24, 2.45) is 5.73 Å². The van der Waals surface area contributed by atoms with Crippen LogP contribution in [0.3, 0.4) is 0 Å². The Balaban J connectivity index is 0.00000145. The van der Waals surface area contributed by atoms with Crippen molar-refractivity contribution in [2.45, 2.75) is 58.7 Å². The van der Waals surface area contributed by atoms with E-state index in [2.05, 4.69) is 10.6 Å². The Kier molecular flexibility index (Phi) is 7.46. The van der Waals surface area contributed by atoms with E-state index in [1.165, 1.54) is 4.90 Å². The Labute approximate surface area is 169 Å². The van der Waals surface area contributed by atoms with Crippen LogP contribution in [0.2, 0.25) is 0 Å². The second kappa shape index (κ2) is 9.81. The van der Waals surface area contributed by atoms with Crippen LogP contribution in [-0.4, -0.2) is 40.5 Å². The van der Waals surface area contributed by atoms with Crippen molar-refractivity contribution >= 4 is 29.5 Å². The lowest BCUT2D eigenvalue weighted by atomic mass is 10.0. The van der Waals surface area contributed by atoms with Crippen LogP contribution in [0.4, 0.5) is 0 Å². The summed E-state index contributed by atoms with van der Waals surface area (Å²) < 4.78 is 0. The molecule has 1 saturated heterocycles. The van der Waals surface area contributed by atoms with E-state index in [4.69, 9.17) is 5.73 Å². The summed E-state index contributed by atoms with van der Waals surface area (Å²) in [6.45, 7) is 4.54. The minimum absolute atomic E-state index is 0.00849. The summed E-state index contributed by atoms with van der Waals surface area (Å²) in [5, 5.41) is 4.96. The van der Waals surface area contributed by atoms with Crippen molar-refractivity contribution in [1.82, 2.24) is 15.5 Å². The topological polar surface area (TPSA) is 139 Å². The molecule has 1 aromatic carbocycles. The fourth-order valence-corrected chi connectivity index (χ4v) is 3.26. The predicted molar refractivity (Wildman–Crippen MR) is 104 cm³/mol. The van der Waals surface area contributed by atoms with Gasteiger partial charge in [0.25, 0.3) is 5.91 Å². The summed E-state index contributed by atoms with van der Waals surface area (Å²) in [5.74, 6) is -1.83. The molecule has 1 atom stereocenters. The molecule has 2 aliphatic rings. The van der Waals surface area contributed by atoms with Gasteiger partial charge in [-0.15, -0.1) is 0 Å². The van der Waals surface area contributed by atoms with Gasteiger partial charge in [-0.1, -0.05) is 26.0 Å². The number of amides is 5. The van der Waals surface area contributed by atoms with Gasteiger partial charge in [0.05, 0.1) is 0 Å². The minimum atomic E-state index is -0.653. The van der Waals surface area contributed by atoms with Crippen molar-refractivity contribution in [2.75, 3.05) is 0 Å². The van der Waals surface area contributed by atoms with E-state index in [-0.39, 0.29) is 50.1 Å². The maximum Gasteiger partial charge on any atom is 0.255 e. The fourth-order valence-electron chi connectivity index (χ4n) is 3.26. The summed E-state index contributed by atoms with van der Waals surface area (Å²) >= 11 is 0. The Morgan fingerprint density at radius 3 is 2.59 bits per heavy atom. The largest absolute Gasteiger partial charge is 0.370 e. The van der Waals surface area contributed by atoms with Crippen LogP contribution >= 0.6 is 0 Å². The molecule has 0 saturated carbocycles. The van der Waals surface area contributed by atoms with Gasteiger partial charge in [-0.3, -0.25) is 29.3 Å². The van der Waals surface area contributed by atoms with Crippen molar-refractivity contribution in [3.05, 3.63) is 34.9 Å². The monoisotopic (exact) mass is 402 g/mol. The van der Waals surface area contributed by atoms with Gasteiger partial charge < -0.3 is 16.0 Å². The SMILES string of the molecule is CC.NC(=O)CCC(=O)NCc1ccc2c(c1)CN(C1CCC(=O)NC1=O)C2=O. The minimum Gasteiger partial charge on any atom is -0.370 e. The first-order chi connectivity index (χ1) is 13.8. The number of hydrogen-bond donors (Lipinski definition) is 3. The molecule has 4 N–H and O–H groups in total. The lowest BCUT2D eigenvalue weighted by molar-refractivity contribution is -0.137. The molecule has 156 valence electrons. The number of primary amides is 1. The molecular weight excluding hydrogens is 376 g/mol. The molecule has 1 unspecified atom stereocenters. The van der Waals surface area contributed by atoms with Crippen LogP contribution in [0.5, 0.6) is 0 Å². The van der Waals surface area contributed by atoms with E-state index < -0.39 is 17.9 Å². The zero-order chi connectivity index (χ0) is 21.6. The van der Waals surface area contributed by atoms with Crippen LogP contribution in [0.15, 0.2) is 18.2 Å². The van der Waals surface area contributed by atoms with E-state index >= 15 is 0 Å². The maximum absolute atomic E-state index is 12.6. The van der Waals surface area contributed by atoms with Crippen molar-refractivity contribution < 1.29 is 24.0 Å². The number of hydrogen-bond acceptors (Lipinski definition) is 5. The van der Waals surface area contributed by atoms with Crippen LogP contribution in [0, 0.1) is 0 Å². The standard InChI is InChI=1S/C18H20N4O5.C2H6/c19-14(23)4-6-15(24)20-8-10-1-2-12-11(7-10)9-22(18(12)27)13-3-5-16(25)21-17(13)26;1-2/h1-2,7,13H,3-6,8-9H2,(H2,19,23)(H,20,24)(H,21,25,26);1-2H3. The highest BCUT2D eigenvalue weighted by Gasteiger charge is 2.38. The van der Waals surface area contributed by atoms with Gasteiger partial charge in [0.15, 0.2) is 0 Å². The van der Waals surface area contributed by atoms with Gasteiger partial charge >= 0.3 is 0 Å². The highest BCUT2D eigenvalue weighted by atomic mass is 16.2. The average molecular weight is 402 g/mol. The normalized spacial score (nSPS) is 17.8. The molecule has 2 aliphatic heterocycles. The second-order valence-electron chi connectivity index (χ2n) is 6.63. The number of nitrogens with two attached hydrogens (primary N) is 1. The third kappa shape index (κ3) is 5.40. The van der Waals surface area contributed by atoms with Crippen molar-refractivity contribution in [1.29, 1.82) is 0 Å². The first-order valence-corrected chi connectivity index (χ1v) is 9.66. The molecule has 3 rings (SSSR count). The third-order valence-corrected chi connectivity index (χ3v) is 4.68. The number of fused-ring (bicyclic) bond motifs is 1. The van der Waals surface area contributed by atoms with Gasteiger partial charge in [0.1, 0.15) is 6.04 Å². The summed E-state index contributed by atoms with van der Waals surface area (Å²) in [4.78, 5) is 59.8. The highest BCUT2D eigenvalue weighted by Crippen LogP contribution is 2.28. The van der Waals surface area contributed by atoms with Crippen molar-refractivity contribution in [3.63, 3.8) is 0 Å². The molecule has 9 heteroatoms. The van der Waals surface area contributed by atoms with Gasteiger partial charge in [-0.2, -0.15) is 0 Å². The summed E-state index contributed by atoms with van der Waals surface area (Å²) in [6.07, 6.45) is 0.541. The number of piperidine rings is 1. The zero-order valence-corrected chi connectivity index (χ0v) is 16.6. The van der Waals surface area contributed by atoms with Crippen LogP contribution in [0.25, 0.3) is 0 Å². The first kappa shape index (κ1) is 22.1. The van der Waals surface area contributed by atoms with Gasteiger partial charge in [0.2, 0.25) is 23.6 Å². The molecule has 29 heavy (non-hydrogen) atoms. The van der Waals surface area contributed by atoms with E-state index in [1.54, 1.807) is 12.1 Å². The number of carbonyl (C=O) groups excluding carboxylic acids is 5. The maximum atomic E-state index is 12.6. The van der Waals surface area contributed by atoms with E-state index in [0.717, 1.165) is 11.1 Å². The molecule has 0 aromatic heterocycles. The van der Waals surface area contributed by atoms with Gasteiger partial charge in [-0.25, -0.2) is 0 Å². The van der Waals surface area contributed by atoms with E-state index in [9.17, 15) is 24.0 Å². The van der Waals surface area contributed by atoms with E-state index in [0.29, 0.717) is 12.0 Å². The third-order valence-electron chi connectivity index (χ3n) is 4.68. The number of imide groups is 1. The van der Waals surface area contributed by atoms with Crippen LogP contribution in [0.1, 0.15) is 61.0 Å². The molecule has 5 amide bonds. The Morgan fingerprint density at radius 1 is 1.21 bits per heavy atom. The highest BCUT2D eigenvalue weighted by molar-refractivity contribution is 6.05.